The van der Waals surface area contributed by atoms with E-state index in [1.54, 1.807) is 6.33 Å². The Morgan fingerprint density at radius 2 is 1.94 bits per heavy atom. The Morgan fingerprint density at radius 3 is 2.80 bits per heavy atom. The van der Waals surface area contributed by atoms with E-state index >= 15 is 0 Å². The van der Waals surface area contributed by atoms with Crippen LogP contribution in [0.4, 0.5) is 11.5 Å². The van der Waals surface area contributed by atoms with Crippen molar-refractivity contribution in [3.8, 4) is 5.75 Å². The zero-order chi connectivity index (χ0) is 24.2. The number of carbonyl (C=O) groups excluding carboxylic acids is 1. The monoisotopic (exact) mass is 478 g/mol. The highest BCUT2D eigenvalue weighted by molar-refractivity contribution is 5.92. The van der Waals surface area contributed by atoms with Crippen molar-refractivity contribution < 1.29 is 14.3 Å². The molecule has 4 heterocycles. The Labute approximate surface area is 205 Å². The van der Waals surface area contributed by atoms with Crippen molar-refractivity contribution in [3.63, 3.8) is 0 Å². The Balaban J connectivity index is 1.49. The van der Waals surface area contributed by atoms with E-state index in [0.717, 1.165) is 91.5 Å². The molecule has 2 bridgehead atoms. The van der Waals surface area contributed by atoms with Gasteiger partial charge in [0.25, 0.3) is 0 Å². The predicted molar refractivity (Wildman–Crippen MR) is 135 cm³/mol. The van der Waals surface area contributed by atoms with Crippen molar-refractivity contribution in [3.05, 3.63) is 41.9 Å². The number of aryl methyl sites for hydroxylation is 1. The van der Waals surface area contributed by atoms with Crippen LogP contribution in [0.5, 0.6) is 5.75 Å². The maximum absolute atomic E-state index is 12.9. The summed E-state index contributed by atoms with van der Waals surface area (Å²) in [5.41, 5.74) is 3.89. The number of hydrogen-bond acceptors (Lipinski definition) is 7. The SMILES string of the molecule is CN1CCCN(C)C(=O)CCc2cc(ccc2OC2CCOCC2)Nc2ncnc3[nH]cc(c23)C1. The van der Waals surface area contributed by atoms with Crippen molar-refractivity contribution in [1.29, 1.82) is 0 Å². The van der Waals surface area contributed by atoms with E-state index in [2.05, 4.69) is 38.3 Å². The molecule has 0 unspecified atom stereocenters. The molecule has 5 rings (SSSR count). The number of nitrogens with one attached hydrogen (secondary N) is 2. The number of carbonyl (C=O) groups is 1. The van der Waals surface area contributed by atoms with Crippen LogP contribution in [0, 0.1) is 0 Å². The van der Waals surface area contributed by atoms with Gasteiger partial charge in [-0.25, -0.2) is 9.97 Å². The number of fused-ring (bicyclic) bond motifs is 2. The first-order valence-electron chi connectivity index (χ1n) is 12.4. The molecule has 1 saturated heterocycles. The molecule has 9 heteroatoms. The molecule has 2 aromatic heterocycles. The molecule has 2 aliphatic rings. The quantitative estimate of drug-likeness (QED) is 0.582. The van der Waals surface area contributed by atoms with E-state index in [0.29, 0.717) is 12.8 Å². The van der Waals surface area contributed by atoms with Crippen LogP contribution in [0.25, 0.3) is 11.0 Å². The lowest BCUT2D eigenvalue weighted by atomic mass is 10.1. The fraction of sp³-hybridized carbons (Fsp3) is 0.500. The van der Waals surface area contributed by atoms with Crippen molar-refractivity contribution in [2.75, 3.05) is 45.7 Å². The van der Waals surface area contributed by atoms with Crippen molar-refractivity contribution in [1.82, 2.24) is 24.8 Å². The number of H-pyrrole nitrogens is 1. The van der Waals surface area contributed by atoms with Crippen LogP contribution < -0.4 is 10.1 Å². The van der Waals surface area contributed by atoms with Gasteiger partial charge in [0.1, 0.15) is 29.6 Å². The van der Waals surface area contributed by atoms with Gasteiger partial charge >= 0.3 is 0 Å². The van der Waals surface area contributed by atoms with Gasteiger partial charge in [0.15, 0.2) is 0 Å². The molecule has 2 N–H and O–H groups in total. The largest absolute Gasteiger partial charge is 0.490 e. The Morgan fingerprint density at radius 1 is 1.09 bits per heavy atom. The highest BCUT2D eigenvalue weighted by Crippen LogP contribution is 2.31. The second-order valence-electron chi connectivity index (χ2n) is 9.54. The first-order valence-corrected chi connectivity index (χ1v) is 12.4. The first kappa shape index (κ1) is 23.6. The smallest absolute Gasteiger partial charge is 0.222 e. The minimum Gasteiger partial charge on any atom is -0.490 e. The molecular formula is C26H34N6O3. The Bertz CT molecular complexity index is 1170. The van der Waals surface area contributed by atoms with Gasteiger partial charge in [0, 0.05) is 51.3 Å². The van der Waals surface area contributed by atoms with Gasteiger partial charge < -0.3 is 29.6 Å². The average molecular weight is 479 g/mol. The summed E-state index contributed by atoms with van der Waals surface area (Å²) in [7, 11) is 4.00. The van der Waals surface area contributed by atoms with E-state index in [1.165, 1.54) is 0 Å². The van der Waals surface area contributed by atoms with Crippen LogP contribution in [-0.4, -0.2) is 77.2 Å². The number of amides is 1. The highest BCUT2D eigenvalue weighted by atomic mass is 16.5. The predicted octanol–water partition coefficient (Wildman–Crippen LogP) is 3.49. The third kappa shape index (κ3) is 5.57. The van der Waals surface area contributed by atoms with Crippen LogP contribution in [0.15, 0.2) is 30.7 Å². The van der Waals surface area contributed by atoms with Crippen LogP contribution >= 0.6 is 0 Å². The summed E-state index contributed by atoms with van der Waals surface area (Å²) >= 11 is 0. The van der Waals surface area contributed by atoms with E-state index in [1.807, 2.05) is 30.3 Å². The molecule has 3 aromatic rings. The van der Waals surface area contributed by atoms with E-state index in [4.69, 9.17) is 9.47 Å². The van der Waals surface area contributed by atoms with Gasteiger partial charge in [0.05, 0.1) is 18.6 Å². The van der Waals surface area contributed by atoms with Gasteiger partial charge in [-0.05, 0) is 55.8 Å². The molecule has 2 aliphatic heterocycles. The number of ether oxygens (including phenoxy) is 2. The van der Waals surface area contributed by atoms with Gasteiger partial charge in [-0.2, -0.15) is 0 Å². The molecule has 0 spiro atoms. The molecule has 0 saturated carbocycles. The molecule has 1 fully saturated rings. The number of aromatic amines is 1. The second kappa shape index (κ2) is 10.6. The minimum absolute atomic E-state index is 0.137. The number of benzene rings is 1. The minimum atomic E-state index is 0.137. The molecule has 0 atom stereocenters. The fourth-order valence-electron chi connectivity index (χ4n) is 4.83. The molecule has 0 radical (unpaired) electrons. The highest BCUT2D eigenvalue weighted by Gasteiger charge is 2.19. The number of anilines is 2. The van der Waals surface area contributed by atoms with Gasteiger partial charge in [-0.1, -0.05) is 0 Å². The number of hydrogen-bond donors (Lipinski definition) is 2. The molecule has 1 amide bonds. The molecule has 186 valence electrons. The van der Waals surface area contributed by atoms with Gasteiger partial charge in [-0.3, -0.25) is 4.79 Å². The van der Waals surface area contributed by atoms with Crippen LogP contribution in [0.1, 0.15) is 36.8 Å². The summed E-state index contributed by atoms with van der Waals surface area (Å²) < 4.78 is 11.9. The molecule has 1 aromatic carbocycles. The molecule has 0 aliphatic carbocycles. The normalized spacial score (nSPS) is 19.0. The third-order valence-electron chi connectivity index (χ3n) is 6.84. The van der Waals surface area contributed by atoms with E-state index < -0.39 is 0 Å². The number of aromatic nitrogens is 3. The zero-order valence-corrected chi connectivity index (χ0v) is 20.5. The van der Waals surface area contributed by atoms with Gasteiger partial charge in [0.2, 0.25) is 5.91 Å². The van der Waals surface area contributed by atoms with Crippen molar-refractivity contribution in [2.45, 2.75) is 44.8 Å². The lowest BCUT2D eigenvalue weighted by Crippen LogP contribution is -2.30. The van der Waals surface area contributed by atoms with Crippen molar-refractivity contribution in [2.24, 2.45) is 0 Å². The summed E-state index contributed by atoms with van der Waals surface area (Å²) in [6, 6.07) is 6.11. The van der Waals surface area contributed by atoms with Crippen molar-refractivity contribution >= 4 is 28.4 Å². The maximum atomic E-state index is 12.9. The lowest BCUT2D eigenvalue weighted by Gasteiger charge is -2.25. The lowest BCUT2D eigenvalue weighted by molar-refractivity contribution is -0.129. The van der Waals surface area contributed by atoms with E-state index in [9.17, 15) is 4.79 Å². The van der Waals surface area contributed by atoms with E-state index in [-0.39, 0.29) is 12.0 Å². The Hall–Kier alpha value is -3.17. The fourth-order valence-corrected chi connectivity index (χ4v) is 4.83. The second-order valence-corrected chi connectivity index (χ2v) is 9.54. The summed E-state index contributed by atoms with van der Waals surface area (Å²) in [6.07, 6.45) is 7.46. The summed E-state index contributed by atoms with van der Waals surface area (Å²) in [4.78, 5) is 29.2. The average Bonchev–Trinajstić information content (AvgIpc) is 3.27. The summed E-state index contributed by atoms with van der Waals surface area (Å²) in [5, 5.41) is 4.50. The zero-order valence-electron chi connectivity index (χ0n) is 20.5. The summed E-state index contributed by atoms with van der Waals surface area (Å²) in [5.74, 6) is 1.77. The molecule has 9 nitrogen and oxygen atoms in total. The topological polar surface area (TPSA) is 95.6 Å². The van der Waals surface area contributed by atoms with Crippen LogP contribution in [0.3, 0.4) is 0 Å². The van der Waals surface area contributed by atoms with Crippen LogP contribution in [0.2, 0.25) is 0 Å². The first-order chi connectivity index (χ1) is 17.1. The number of nitrogens with zero attached hydrogens (tertiary/aromatic N) is 4. The van der Waals surface area contributed by atoms with Crippen LogP contribution in [-0.2, 0) is 22.5 Å². The van der Waals surface area contributed by atoms with Gasteiger partial charge in [-0.15, -0.1) is 0 Å². The molecule has 35 heavy (non-hydrogen) atoms. The maximum Gasteiger partial charge on any atom is 0.222 e. The summed E-state index contributed by atoms with van der Waals surface area (Å²) in [6.45, 7) is 3.84. The molecular weight excluding hydrogens is 444 g/mol. The third-order valence-corrected chi connectivity index (χ3v) is 6.84. The standard InChI is InChI=1S/C26H34N6O3/c1-31-10-3-11-32(2)23(33)7-4-18-14-20(5-6-22(18)35-21-8-12-34-13-9-21)30-26-24-19(16-31)15-27-25(24)28-17-29-26/h5-6,14-15,17,21H,3-4,7-13,16H2,1-2H3,(H2,27,28,29,30). The number of rotatable bonds is 2. The Kier molecular flexibility index (Phi) is 7.15.